The molecule has 0 bridgehead atoms. The number of carbonyl (C=O) groups excluding carboxylic acids is 1. The van der Waals surface area contributed by atoms with Crippen molar-refractivity contribution < 1.29 is 22.7 Å². The molecule has 0 atom stereocenters. The zero-order valence-corrected chi connectivity index (χ0v) is 13.5. The monoisotopic (exact) mass is 315 g/mol. The molecule has 1 rings (SSSR count). The number of anilines is 1. The van der Waals surface area contributed by atoms with E-state index < -0.39 is 16.0 Å². The predicted molar refractivity (Wildman–Crippen MR) is 81.0 cm³/mol. The van der Waals surface area contributed by atoms with E-state index in [1.165, 1.54) is 7.11 Å². The zero-order valence-electron chi connectivity index (χ0n) is 12.7. The van der Waals surface area contributed by atoms with E-state index in [1.54, 1.807) is 25.1 Å². The van der Waals surface area contributed by atoms with Gasteiger partial charge in [0.15, 0.2) is 0 Å². The second-order valence-electron chi connectivity index (χ2n) is 4.88. The number of rotatable bonds is 7. The van der Waals surface area contributed by atoms with Gasteiger partial charge >= 0.3 is 5.97 Å². The van der Waals surface area contributed by atoms with Gasteiger partial charge in [-0.1, -0.05) is 11.6 Å². The molecule has 0 radical (unpaired) electrons. The Bertz CT molecular complexity index is 595. The van der Waals surface area contributed by atoms with Gasteiger partial charge in [-0.25, -0.2) is 13.2 Å². The summed E-state index contributed by atoms with van der Waals surface area (Å²) in [6.07, 6.45) is -0.0368. The lowest BCUT2D eigenvalue weighted by Crippen LogP contribution is -2.22. The smallest absolute Gasteiger partial charge is 0.340 e. The Kier molecular flexibility index (Phi) is 6.17. The van der Waals surface area contributed by atoms with Crippen molar-refractivity contribution in [2.75, 3.05) is 24.2 Å². The summed E-state index contributed by atoms with van der Waals surface area (Å²) in [5.74, 6) is -0.769. The van der Waals surface area contributed by atoms with E-state index >= 15 is 0 Å². The van der Waals surface area contributed by atoms with Crippen LogP contribution in [0.3, 0.4) is 0 Å². The molecule has 0 unspecified atom stereocenters. The number of aryl methyl sites for hydroxylation is 1. The Morgan fingerprint density at radius 2 is 2.00 bits per heavy atom. The normalized spacial score (nSPS) is 11.5. The van der Waals surface area contributed by atoms with Crippen LogP contribution in [-0.4, -0.2) is 40.0 Å². The number of hydrogen-bond acceptors (Lipinski definition) is 5. The predicted octanol–water partition coefficient (Wildman–Crippen LogP) is 1.95. The number of hydrogen-bond donors (Lipinski definition) is 1. The van der Waals surface area contributed by atoms with Gasteiger partial charge in [0, 0.05) is 0 Å². The Morgan fingerprint density at radius 1 is 1.33 bits per heavy atom. The molecule has 6 nitrogen and oxygen atoms in total. The van der Waals surface area contributed by atoms with Crippen LogP contribution < -0.4 is 4.72 Å². The van der Waals surface area contributed by atoms with E-state index in [1.807, 2.05) is 13.8 Å². The molecule has 7 heteroatoms. The average molecular weight is 315 g/mol. The van der Waals surface area contributed by atoms with Gasteiger partial charge in [-0.05, 0) is 32.9 Å². The van der Waals surface area contributed by atoms with Gasteiger partial charge in [-0.15, -0.1) is 0 Å². The minimum absolute atomic E-state index is 0.0368. The molecule has 0 saturated carbocycles. The standard InChI is InChI=1S/C14H21NO5S/c1-10(2)20-7-8-21(17,18)15-13-6-5-11(3)9-12(13)14(16)19-4/h5-6,9-10,15H,7-8H2,1-4H3. The van der Waals surface area contributed by atoms with Crippen LogP contribution in [0.1, 0.15) is 29.8 Å². The molecule has 1 N–H and O–H groups in total. The summed E-state index contributed by atoms with van der Waals surface area (Å²) in [4.78, 5) is 11.7. The maximum atomic E-state index is 12.0. The topological polar surface area (TPSA) is 81.7 Å². The van der Waals surface area contributed by atoms with Crippen LogP contribution in [0.2, 0.25) is 0 Å². The van der Waals surface area contributed by atoms with Gasteiger partial charge in [-0.2, -0.15) is 0 Å². The Morgan fingerprint density at radius 3 is 2.57 bits per heavy atom. The number of esters is 1. The van der Waals surface area contributed by atoms with Gasteiger partial charge in [0.1, 0.15) is 0 Å². The molecule has 0 amide bonds. The summed E-state index contributed by atoms with van der Waals surface area (Å²) < 4.78 is 36.3. The third-order valence-corrected chi connectivity index (χ3v) is 3.88. The van der Waals surface area contributed by atoms with E-state index in [2.05, 4.69) is 9.46 Å². The van der Waals surface area contributed by atoms with Gasteiger partial charge < -0.3 is 9.47 Å². The molecule has 0 spiro atoms. The maximum Gasteiger partial charge on any atom is 0.340 e. The van der Waals surface area contributed by atoms with Crippen molar-refractivity contribution in [1.82, 2.24) is 0 Å². The van der Waals surface area contributed by atoms with Gasteiger partial charge in [-0.3, -0.25) is 4.72 Å². The van der Waals surface area contributed by atoms with Crippen LogP contribution in [0.15, 0.2) is 18.2 Å². The van der Waals surface area contributed by atoms with Crippen LogP contribution in [-0.2, 0) is 19.5 Å². The van der Waals surface area contributed by atoms with E-state index in [0.29, 0.717) is 0 Å². The summed E-state index contributed by atoms with van der Waals surface area (Å²) >= 11 is 0. The molecule has 118 valence electrons. The quantitative estimate of drug-likeness (QED) is 0.778. The summed E-state index contributed by atoms with van der Waals surface area (Å²) in [6.45, 7) is 5.55. The fourth-order valence-corrected chi connectivity index (χ4v) is 2.57. The van der Waals surface area contributed by atoms with Crippen molar-refractivity contribution in [2.45, 2.75) is 26.9 Å². The molecular formula is C14H21NO5S. The first kappa shape index (κ1) is 17.5. The highest BCUT2D eigenvalue weighted by atomic mass is 32.2. The third-order valence-electron chi connectivity index (χ3n) is 2.65. The molecular weight excluding hydrogens is 294 g/mol. The number of sulfonamides is 1. The zero-order chi connectivity index (χ0) is 16.0. The summed E-state index contributed by atoms with van der Waals surface area (Å²) in [5, 5.41) is 0. The number of methoxy groups -OCH3 is 1. The average Bonchev–Trinajstić information content (AvgIpc) is 2.39. The maximum absolute atomic E-state index is 12.0. The van der Waals surface area contributed by atoms with Crippen LogP contribution in [0.5, 0.6) is 0 Å². The highest BCUT2D eigenvalue weighted by molar-refractivity contribution is 7.92. The second kappa shape index (κ2) is 7.42. The highest BCUT2D eigenvalue weighted by Gasteiger charge is 2.17. The largest absolute Gasteiger partial charge is 0.465 e. The number of carbonyl (C=O) groups is 1. The molecule has 0 aliphatic carbocycles. The van der Waals surface area contributed by atoms with Crippen molar-refractivity contribution in [3.63, 3.8) is 0 Å². The Labute approximate surface area is 125 Å². The highest BCUT2D eigenvalue weighted by Crippen LogP contribution is 2.19. The summed E-state index contributed by atoms with van der Waals surface area (Å²) in [6, 6.07) is 4.84. The molecule has 0 saturated heterocycles. The molecule has 1 aromatic carbocycles. The molecule has 0 fully saturated rings. The van der Waals surface area contributed by atoms with Gasteiger partial charge in [0.2, 0.25) is 10.0 Å². The molecule has 0 aliphatic rings. The number of benzene rings is 1. The lowest BCUT2D eigenvalue weighted by atomic mass is 10.1. The molecule has 1 aromatic rings. The minimum atomic E-state index is -3.59. The van der Waals surface area contributed by atoms with E-state index in [0.717, 1.165) is 5.56 Å². The molecule has 0 aliphatic heterocycles. The first-order valence-electron chi connectivity index (χ1n) is 6.56. The third kappa shape index (κ3) is 5.73. The Hall–Kier alpha value is -1.60. The molecule has 21 heavy (non-hydrogen) atoms. The lowest BCUT2D eigenvalue weighted by molar-refractivity contribution is 0.0602. The van der Waals surface area contributed by atoms with Crippen molar-refractivity contribution in [3.05, 3.63) is 29.3 Å². The molecule has 0 heterocycles. The van der Waals surface area contributed by atoms with Crippen molar-refractivity contribution in [2.24, 2.45) is 0 Å². The molecule has 0 aromatic heterocycles. The van der Waals surface area contributed by atoms with Crippen LogP contribution >= 0.6 is 0 Å². The first-order chi connectivity index (χ1) is 9.75. The van der Waals surface area contributed by atoms with E-state index in [4.69, 9.17) is 4.74 Å². The summed E-state index contributed by atoms with van der Waals surface area (Å²) in [5.41, 5.74) is 1.23. The van der Waals surface area contributed by atoms with E-state index in [-0.39, 0.29) is 29.7 Å². The SMILES string of the molecule is COC(=O)c1cc(C)ccc1NS(=O)(=O)CCOC(C)C. The number of nitrogens with one attached hydrogen (secondary N) is 1. The first-order valence-corrected chi connectivity index (χ1v) is 8.21. The lowest BCUT2D eigenvalue weighted by Gasteiger charge is -2.13. The number of ether oxygens (including phenoxy) is 2. The minimum Gasteiger partial charge on any atom is -0.465 e. The van der Waals surface area contributed by atoms with Crippen LogP contribution in [0.4, 0.5) is 5.69 Å². The second-order valence-corrected chi connectivity index (χ2v) is 6.72. The summed E-state index contributed by atoms with van der Waals surface area (Å²) in [7, 11) is -2.34. The van der Waals surface area contributed by atoms with Crippen molar-refractivity contribution >= 4 is 21.7 Å². The van der Waals surface area contributed by atoms with Crippen molar-refractivity contribution in [3.8, 4) is 0 Å². The van der Waals surface area contributed by atoms with Crippen LogP contribution in [0.25, 0.3) is 0 Å². The van der Waals surface area contributed by atoms with E-state index in [9.17, 15) is 13.2 Å². The van der Waals surface area contributed by atoms with Crippen LogP contribution in [0, 0.1) is 6.92 Å². The fraction of sp³-hybridized carbons (Fsp3) is 0.500. The fourth-order valence-electron chi connectivity index (χ4n) is 1.64. The van der Waals surface area contributed by atoms with Gasteiger partial charge in [0.25, 0.3) is 0 Å². The van der Waals surface area contributed by atoms with Gasteiger partial charge in [0.05, 0.1) is 36.8 Å². The van der Waals surface area contributed by atoms with Crippen molar-refractivity contribution in [1.29, 1.82) is 0 Å². The Balaban J connectivity index is 2.89.